The first kappa shape index (κ1) is 16.4. The highest BCUT2D eigenvalue weighted by molar-refractivity contribution is 7.85. The van der Waals surface area contributed by atoms with Gasteiger partial charge in [0.1, 0.15) is 0 Å². The van der Waals surface area contributed by atoms with E-state index in [9.17, 15) is 4.21 Å². The molecule has 1 aromatic rings. The van der Waals surface area contributed by atoms with Crippen molar-refractivity contribution in [2.24, 2.45) is 0 Å². The van der Waals surface area contributed by atoms with Crippen molar-refractivity contribution in [3.8, 4) is 0 Å². The van der Waals surface area contributed by atoms with Gasteiger partial charge in [0, 0.05) is 22.6 Å². The molecule has 0 fully saturated rings. The molecule has 0 spiro atoms. The summed E-state index contributed by atoms with van der Waals surface area (Å²) in [6.45, 7) is 6.38. The first-order valence-corrected chi connectivity index (χ1v) is 8.65. The van der Waals surface area contributed by atoms with Crippen LogP contribution in [0.5, 0.6) is 0 Å². The predicted octanol–water partition coefficient (Wildman–Crippen LogP) is 3.45. The molecule has 19 heavy (non-hydrogen) atoms. The summed E-state index contributed by atoms with van der Waals surface area (Å²) in [6.07, 6.45) is 3.21. The normalized spacial score (nSPS) is 16.0. The number of hydrogen-bond acceptors (Lipinski definition) is 2. The predicted molar refractivity (Wildman–Crippen MR) is 85.0 cm³/mol. The molecule has 0 radical (unpaired) electrons. The van der Waals surface area contributed by atoms with Crippen LogP contribution in [0.15, 0.2) is 24.3 Å². The average Bonchev–Trinajstić information content (AvgIpc) is 2.46. The first-order chi connectivity index (χ1) is 9.13. The van der Waals surface area contributed by atoms with E-state index < -0.39 is 10.8 Å². The molecule has 0 heterocycles. The van der Waals surface area contributed by atoms with Crippen LogP contribution in [0, 0.1) is 0 Å². The summed E-state index contributed by atoms with van der Waals surface area (Å²) in [4.78, 5) is 0. The molecule has 0 amide bonds. The van der Waals surface area contributed by atoms with Crippen molar-refractivity contribution in [3.63, 3.8) is 0 Å². The number of nitrogens with one attached hydrogen (secondary N) is 1. The van der Waals surface area contributed by atoms with Gasteiger partial charge in [0.25, 0.3) is 0 Å². The quantitative estimate of drug-likeness (QED) is 0.791. The van der Waals surface area contributed by atoms with Gasteiger partial charge in [-0.25, -0.2) is 0 Å². The van der Waals surface area contributed by atoms with Crippen LogP contribution < -0.4 is 5.32 Å². The Kier molecular flexibility index (Phi) is 7.32. The lowest BCUT2D eigenvalue weighted by Gasteiger charge is -2.23. The zero-order valence-corrected chi connectivity index (χ0v) is 13.4. The minimum Gasteiger partial charge on any atom is -0.312 e. The lowest BCUT2D eigenvalue weighted by Crippen LogP contribution is -2.31. The molecule has 0 saturated heterocycles. The fraction of sp³-hybridized carbons (Fsp3) is 0.625. The number of rotatable bonds is 8. The summed E-state index contributed by atoms with van der Waals surface area (Å²) in [5.74, 6) is 0.808. The number of unbranched alkanes of at least 4 members (excludes halogenated alkanes) is 1. The Morgan fingerprint density at radius 3 is 2.32 bits per heavy atom. The zero-order chi connectivity index (χ0) is 14.3. The van der Waals surface area contributed by atoms with Gasteiger partial charge in [0.2, 0.25) is 0 Å². The van der Waals surface area contributed by atoms with E-state index in [1.165, 1.54) is 11.1 Å². The van der Waals surface area contributed by atoms with Crippen molar-refractivity contribution >= 4 is 10.8 Å². The maximum atomic E-state index is 12.3. The third-order valence-corrected chi connectivity index (χ3v) is 5.43. The second kappa shape index (κ2) is 8.49. The molecule has 3 heteroatoms. The number of aryl methyl sites for hydroxylation is 1. The molecule has 0 aliphatic rings. The number of hydrogen-bond donors (Lipinski definition) is 1. The SMILES string of the molecule is CCCCS(=O)C(C)C(NC)c1ccc(CC)cc1. The van der Waals surface area contributed by atoms with Crippen molar-refractivity contribution < 1.29 is 4.21 Å². The maximum Gasteiger partial charge on any atom is 0.0514 e. The molecular formula is C16H27NOS. The van der Waals surface area contributed by atoms with E-state index in [0.717, 1.165) is 25.0 Å². The molecule has 0 aliphatic carbocycles. The fourth-order valence-corrected chi connectivity index (χ4v) is 3.80. The van der Waals surface area contributed by atoms with Crippen LogP contribution in [0.1, 0.15) is 50.8 Å². The summed E-state index contributed by atoms with van der Waals surface area (Å²) >= 11 is 0. The Labute approximate surface area is 120 Å². The lowest BCUT2D eigenvalue weighted by molar-refractivity contribution is 0.569. The van der Waals surface area contributed by atoms with Crippen LogP contribution in [0.4, 0.5) is 0 Å². The average molecular weight is 281 g/mol. The third kappa shape index (κ3) is 4.73. The Hall–Kier alpha value is -0.670. The first-order valence-electron chi connectivity index (χ1n) is 7.27. The largest absolute Gasteiger partial charge is 0.312 e. The van der Waals surface area contributed by atoms with Crippen LogP contribution in [0.2, 0.25) is 0 Å². The monoisotopic (exact) mass is 281 g/mol. The molecule has 2 nitrogen and oxygen atoms in total. The van der Waals surface area contributed by atoms with E-state index in [1.807, 2.05) is 7.05 Å². The van der Waals surface area contributed by atoms with Gasteiger partial charge in [0.15, 0.2) is 0 Å². The van der Waals surface area contributed by atoms with Crippen molar-refractivity contribution in [2.75, 3.05) is 12.8 Å². The van der Waals surface area contributed by atoms with Crippen LogP contribution in [-0.4, -0.2) is 22.3 Å². The van der Waals surface area contributed by atoms with E-state index in [0.29, 0.717) is 0 Å². The summed E-state index contributed by atoms with van der Waals surface area (Å²) in [5, 5.41) is 3.46. The van der Waals surface area contributed by atoms with Gasteiger partial charge in [0.05, 0.1) is 5.25 Å². The second-order valence-corrected chi connectivity index (χ2v) is 6.92. The van der Waals surface area contributed by atoms with Crippen LogP contribution >= 0.6 is 0 Å². The topological polar surface area (TPSA) is 29.1 Å². The van der Waals surface area contributed by atoms with Gasteiger partial charge >= 0.3 is 0 Å². The minimum absolute atomic E-state index is 0.143. The summed E-state index contributed by atoms with van der Waals surface area (Å²) in [5.41, 5.74) is 2.58. The van der Waals surface area contributed by atoms with Gasteiger partial charge in [-0.05, 0) is 37.9 Å². The fourth-order valence-electron chi connectivity index (χ4n) is 2.26. The lowest BCUT2D eigenvalue weighted by atomic mass is 10.0. The molecule has 0 saturated carbocycles. The van der Waals surface area contributed by atoms with Crippen LogP contribution in [-0.2, 0) is 17.2 Å². The van der Waals surface area contributed by atoms with Gasteiger partial charge < -0.3 is 5.32 Å². The molecule has 0 aliphatic heterocycles. The molecule has 0 aromatic heterocycles. The van der Waals surface area contributed by atoms with Crippen molar-refractivity contribution in [1.29, 1.82) is 0 Å². The minimum atomic E-state index is -0.765. The van der Waals surface area contributed by atoms with Crippen LogP contribution in [0.3, 0.4) is 0 Å². The molecule has 3 unspecified atom stereocenters. The second-order valence-electron chi connectivity index (χ2n) is 5.01. The molecule has 1 rings (SSSR count). The molecular weight excluding hydrogens is 254 g/mol. The van der Waals surface area contributed by atoms with Gasteiger partial charge in [-0.3, -0.25) is 4.21 Å². The summed E-state index contributed by atoms with van der Waals surface area (Å²) in [7, 11) is 1.19. The Balaban J connectivity index is 2.77. The highest BCUT2D eigenvalue weighted by atomic mass is 32.2. The van der Waals surface area contributed by atoms with Gasteiger partial charge in [-0.1, -0.05) is 44.5 Å². The highest BCUT2D eigenvalue weighted by Gasteiger charge is 2.22. The van der Waals surface area contributed by atoms with E-state index in [4.69, 9.17) is 0 Å². The molecule has 1 N–H and O–H groups in total. The smallest absolute Gasteiger partial charge is 0.0514 e. The highest BCUT2D eigenvalue weighted by Crippen LogP contribution is 2.21. The molecule has 0 bridgehead atoms. The van der Waals surface area contributed by atoms with Crippen molar-refractivity contribution in [3.05, 3.63) is 35.4 Å². The van der Waals surface area contributed by atoms with E-state index in [1.54, 1.807) is 0 Å². The summed E-state index contributed by atoms with van der Waals surface area (Å²) in [6, 6.07) is 8.83. The van der Waals surface area contributed by atoms with Crippen LogP contribution in [0.25, 0.3) is 0 Å². The molecule has 1 aromatic carbocycles. The Morgan fingerprint density at radius 1 is 1.21 bits per heavy atom. The third-order valence-electron chi connectivity index (χ3n) is 3.64. The standard InChI is InChI=1S/C16H27NOS/c1-5-7-12-19(18)13(3)16(17-4)15-10-8-14(6-2)9-11-15/h8-11,13,16-17H,5-7,12H2,1-4H3. The van der Waals surface area contributed by atoms with E-state index in [2.05, 4.69) is 50.4 Å². The molecule has 108 valence electrons. The van der Waals surface area contributed by atoms with Gasteiger partial charge in [-0.15, -0.1) is 0 Å². The van der Waals surface area contributed by atoms with Crippen molar-refractivity contribution in [2.45, 2.75) is 51.3 Å². The van der Waals surface area contributed by atoms with Gasteiger partial charge in [-0.2, -0.15) is 0 Å². The zero-order valence-electron chi connectivity index (χ0n) is 12.6. The Bertz CT molecular complexity index is 388. The molecule has 3 atom stereocenters. The van der Waals surface area contributed by atoms with E-state index in [-0.39, 0.29) is 11.3 Å². The van der Waals surface area contributed by atoms with E-state index >= 15 is 0 Å². The Morgan fingerprint density at radius 2 is 1.84 bits per heavy atom. The number of benzene rings is 1. The maximum absolute atomic E-state index is 12.3. The van der Waals surface area contributed by atoms with Crippen molar-refractivity contribution in [1.82, 2.24) is 5.32 Å². The summed E-state index contributed by atoms with van der Waals surface area (Å²) < 4.78 is 12.3.